The van der Waals surface area contributed by atoms with Gasteiger partial charge in [-0.3, -0.25) is 0 Å². The van der Waals surface area contributed by atoms with E-state index in [4.69, 9.17) is 9.47 Å². The van der Waals surface area contributed by atoms with Gasteiger partial charge in [0.05, 0.1) is 11.2 Å². The van der Waals surface area contributed by atoms with Crippen LogP contribution in [0.1, 0.15) is 39.5 Å². The van der Waals surface area contributed by atoms with Gasteiger partial charge in [-0.05, 0) is 39.1 Å². The van der Waals surface area contributed by atoms with Crippen molar-refractivity contribution in [3.63, 3.8) is 0 Å². The molecule has 0 radical (unpaired) electrons. The smallest absolute Gasteiger partial charge is 0.185 e. The third-order valence-corrected chi connectivity index (χ3v) is 5.05. The highest BCUT2D eigenvalue weighted by Gasteiger charge is 2.49. The van der Waals surface area contributed by atoms with Crippen LogP contribution >= 0.6 is 15.9 Å². The molecule has 3 rings (SSSR count). The Hall–Kier alpha value is -0.900. The summed E-state index contributed by atoms with van der Waals surface area (Å²) in [6.07, 6.45) is -0.331. The molecule has 0 bridgehead atoms. The summed E-state index contributed by atoms with van der Waals surface area (Å²) in [5, 5.41) is 2.35. The van der Waals surface area contributed by atoms with E-state index in [1.165, 1.54) is 5.39 Å². The third-order valence-electron chi connectivity index (χ3n) is 4.39. The predicted molar refractivity (Wildman–Crippen MR) is 84.7 cm³/mol. The van der Waals surface area contributed by atoms with Crippen LogP contribution < -0.4 is 0 Å². The first kappa shape index (κ1) is 14.1. The number of ether oxygens (including phenoxy) is 2. The zero-order valence-electron chi connectivity index (χ0n) is 12.2. The SMILES string of the molecule is CC1(C)OC(c2cccc3cccc(Br)c23)OC1(C)C. The van der Waals surface area contributed by atoms with Gasteiger partial charge in [-0.1, -0.05) is 46.3 Å². The first-order valence-electron chi connectivity index (χ1n) is 6.85. The molecule has 0 unspecified atom stereocenters. The maximum atomic E-state index is 6.17. The molecule has 1 aliphatic rings. The van der Waals surface area contributed by atoms with Crippen molar-refractivity contribution in [3.8, 4) is 0 Å². The standard InChI is InChI=1S/C17H19BrO2/c1-16(2)17(3,4)20-15(19-16)12-9-5-7-11-8-6-10-13(18)14(11)12/h5-10,15H,1-4H3. The molecule has 0 aromatic heterocycles. The molecule has 20 heavy (non-hydrogen) atoms. The van der Waals surface area contributed by atoms with Gasteiger partial charge in [0.1, 0.15) is 0 Å². The Bertz CT molecular complexity index is 640. The van der Waals surface area contributed by atoms with Crippen LogP contribution in [0.15, 0.2) is 40.9 Å². The highest BCUT2D eigenvalue weighted by Crippen LogP contribution is 2.46. The van der Waals surface area contributed by atoms with E-state index in [9.17, 15) is 0 Å². The van der Waals surface area contributed by atoms with Gasteiger partial charge in [0.15, 0.2) is 6.29 Å². The van der Waals surface area contributed by atoms with Gasteiger partial charge < -0.3 is 9.47 Å². The second-order valence-electron chi connectivity index (χ2n) is 6.27. The summed E-state index contributed by atoms with van der Waals surface area (Å²) in [5.41, 5.74) is 0.441. The van der Waals surface area contributed by atoms with Gasteiger partial charge in [-0.2, -0.15) is 0 Å². The maximum absolute atomic E-state index is 6.17. The molecule has 1 aliphatic heterocycles. The minimum absolute atomic E-state index is 0.318. The monoisotopic (exact) mass is 334 g/mol. The van der Waals surface area contributed by atoms with Crippen LogP contribution in [0.3, 0.4) is 0 Å². The molecule has 1 fully saturated rings. The second kappa shape index (κ2) is 4.55. The number of hydrogen-bond donors (Lipinski definition) is 0. The number of rotatable bonds is 1. The van der Waals surface area contributed by atoms with Crippen LogP contribution in [0, 0.1) is 0 Å². The molecule has 3 heteroatoms. The summed E-state index contributed by atoms with van der Waals surface area (Å²) in [6, 6.07) is 12.4. The first-order valence-corrected chi connectivity index (χ1v) is 7.64. The Morgan fingerprint density at radius 2 is 1.45 bits per heavy atom. The average molecular weight is 335 g/mol. The zero-order chi connectivity index (χ0) is 14.5. The molecule has 0 saturated carbocycles. The number of benzene rings is 2. The maximum Gasteiger partial charge on any atom is 0.185 e. The van der Waals surface area contributed by atoms with Gasteiger partial charge >= 0.3 is 0 Å². The lowest BCUT2D eigenvalue weighted by atomic mass is 9.90. The summed E-state index contributed by atoms with van der Waals surface area (Å²) in [4.78, 5) is 0. The molecule has 0 N–H and O–H groups in total. The highest BCUT2D eigenvalue weighted by atomic mass is 79.9. The van der Waals surface area contributed by atoms with Crippen LogP contribution in [-0.4, -0.2) is 11.2 Å². The van der Waals surface area contributed by atoms with E-state index in [0.717, 1.165) is 15.4 Å². The normalized spacial score (nSPS) is 21.4. The van der Waals surface area contributed by atoms with Crippen molar-refractivity contribution in [2.75, 3.05) is 0 Å². The third kappa shape index (κ3) is 2.09. The fourth-order valence-corrected chi connectivity index (χ4v) is 3.10. The highest BCUT2D eigenvalue weighted by molar-refractivity contribution is 9.10. The second-order valence-corrected chi connectivity index (χ2v) is 7.13. The van der Waals surface area contributed by atoms with Crippen LogP contribution in [0.2, 0.25) is 0 Å². The van der Waals surface area contributed by atoms with Crippen molar-refractivity contribution in [2.24, 2.45) is 0 Å². The van der Waals surface area contributed by atoms with E-state index >= 15 is 0 Å². The molecule has 2 aromatic carbocycles. The predicted octanol–water partition coefficient (Wildman–Crippen LogP) is 5.20. The minimum atomic E-state index is -0.331. The summed E-state index contributed by atoms with van der Waals surface area (Å²) in [6.45, 7) is 8.31. The van der Waals surface area contributed by atoms with Crippen molar-refractivity contribution in [1.82, 2.24) is 0 Å². The molecule has 2 aromatic rings. The molecule has 0 amide bonds. The van der Waals surface area contributed by atoms with Gasteiger partial charge in [0, 0.05) is 15.4 Å². The van der Waals surface area contributed by atoms with Crippen molar-refractivity contribution in [2.45, 2.75) is 45.2 Å². The summed E-state index contributed by atoms with van der Waals surface area (Å²) in [7, 11) is 0. The van der Waals surface area contributed by atoms with Crippen molar-refractivity contribution in [3.05, 3.63) is 46.4 Å². The molecular formula is C17H19BrO2. The van der Waals surface area contributed by atoms with E-state index in [1.54, 1.807) is 0 Å². The fourth-order valence-electron chi connectivity index (χ4n) is 2.49. The summed E-state index contributed by atoms with van der Waals surface area (Å²) < 4.78 is 13.4. The van der Waals surface area contributed by atoms with E-state index in [1.807, 2.05) is 6.07 Å². The van der Waals surface area contributed by atoms with E-state index in [-0.39, 0.29) is 17.5 Å². The van der Waals surface area contributed by atoms with E-state index in [0.29, 0.717) is 0 Å². The van der Waals surface area contributed by atoms with Crippen LogP contribution in [0.5, 0.6) is 0 Å². The van der Waals surface area contributed by atoms with Crippen molar-refractivity contribution < 1.29 is 9.47 Å². The topological polar surface area (TPSA) is 18.5 Å². The molecule has 2 nitrogen and oxygen atoms in total. The average Bonchev–Trinajstić information content (AvgIpc) is 2.58. The Labute approximate surface area is 128 Å². The summed E-state index contributed by atoms with van der Waals surface area (Å²) in [5.74, 6) is 0. The number of halogens is 1. The van der Waals surface area contributed by atoms with E-state index in [2.05, 4.69) is 74.0 Å². The largest absolute Gasteiger partial charge is 0.339 e. The van der Waals surface area contributed by atoms with Crippen molar-refractivity contribution >= 4 is 26.7 Å². The first-order chi connectivity index (χ1) is 9.32. The summed E-state index contributed by atoms with van der Waals surface area (Å²) >= 11 is 3.64. The zero-order valence-corrected chi connectivity index (χ0v) is 13.8. The Morgan fingerprint density at radius 3 is 2.05 bits per heavy atom. The lowest BCUT2D eigenvalue weighted by Gasteiger charge is -2.30. The molecule has 0 spiro atoms. The fraction of sp³-hybridized carbons (Fsp3) is 0.412. The van der Waals surface area contributed by atoms with Crippen molar-refractivity contribution in [1.29, 1.82) is 0 Å². The molecule has 0 aliphatic carbocycles. The Morgan fingerprint density at radius 1 is 0.900 bits per heavy atom. The lowest BCUT2D eigenvalue weighted by Crippen LogP contribution is -2.41. The molecular weight excluding hydrogens is 316 g/mol. The van der Waals surface area contributed by atoms with Crippen LogP contribution in [-0.2, 0) is 9.47 Å². The van der Waals surface area contributed by atoms with Gasteiger partial charge in [-0.25, -0.2) is 0 Å². The number of fused-ring (bicyclic) bond motifs is 1. The van der Waals surface area contributed by atoms with Crippen LogP contribution in [0.4, 0.5) is 0 Å². The Kier molecular flexibility index (Phi) is 3.20. The Balaban J connectivity index is 2.13. The molecule has 1 saturated heterocycles. The quantitative estimate of drug-likeness (QED) is 0.713. The van der Waals surface area contributed by atoms with E-state index < -0.39 is 0 Å². The number of hydrogen-bond acceptors (Lipinski definition) is 2. The minimum Gasteiger partial charge on any atom is -0.339 e. The van der Waals surface area contributed by atoms with Crippen LogP contribution in [0.25, 0.3) is 10.8 Å². The van der Waals surface area contributed by atoms with Gasteiger partial charge in [-0.15, -0.1) is 0 Å². The molecule has 1 heterocycles. The molecule has 0 atom stereocenters. The van der Waals surface area contributed by atoms with Gasteiger partial charge in [0.25, 0.3) is 0 Å². The molecule has 106 valence electrons. The van der Waals surface area contributed by atoms with Gasteiger partial charge in [0.2, 0.25) is 0 Å². The lowest BCUT2D eigenvalue weighted by molar-refractivity contribution is -0.0886.